The maximum absolute atomic E-state index is 12.8. The van der Waals surface area contributed by atoms with Gasteiger partial charge in [-0.25, -0.2) is 4.79 Å². The molecule has 4 rings (SSSR count). The highest BCUT2D eigenvalue weighted by molar-refractivity contribution is 7.15. The van der Waals surface area contributed by atoms with Gasteiger partial charge in [0.15, 0.2) is 5.69 Å². The number of nitrogens with zero attached hydrogens (tertiary/aromatic N) is 3. The number of thiazole rings is 1. The number of hydrogen-bond acceptors (Lipinski definition) is 4. The first-order valence-corrected chi connectivity index (χ1v) is 8.80. The van der Waals surface area contributed by atoms with Crippen molar-refractivity contribution in [3.05, 3.63) is 87.0 Å². The third-order valence-corrected chi connectivity index (χ3v) is 5.18. The highest BCUT2D eigenvalue weighted by Gasteiger charge is 2.23. The molecule has 0 N–H and O–H groups in total. The molecular weight excluding hydrogens is 350 g/mol. The second-order valence-corrected chi connectivity index (χ2v) is 6.60. The molecule has 26 heavy (non-hydrogen) atoms. The van der Waals surface area contributed by atoms with Gasteiger partial charge in [-0.05, 0) is 12.1 Å². The molecule has 0 bridgehead atoms. The fourth-order valence-electron chi connectivity index (χ4n) is 3.08. The smallest absolute Gasteiger partial charge is 0.258 e. The fourth-order valence-corrected chi connectivity index (χ4v) is 4.13. The lowest BCUT2D eigenvalue weighted by Crippen LogP contribution is -2.34. The van der Waals surface area contributed by atoms with Gasteiger partial charge in [-0.2, -0.15) is 8.97 Å². The van der Waals surface area contributed by atoms with E-state index in [9.17, 15) is 14.9 Å². The molecule has 0 saturated carbocycles. The minimum absolute atomic E-state index is 0.0335. The van der Waals surface area contributed by atoms with Crippen molar-refractivity contribution in [3.8, 4) is 11.3 Å². The van der Waals surface area contributed by atoms with Crippen LogP contribution in [0.5, 0.6) is 0 Å². The second kappa shape index (κ2) is 6.20. The van der Waals surface area contributed by atoms with Gasteiger partial charge in [0.25, 0.3) is 5.69 Å². The molecule has 0 aliphatic rings. The van der Waals surface area contributed by atoms with Crippen molar-refractivity contribution >= 4 is 32.9 Å². The van der Waals surface area contributed by atoms with E-state index in [1.54, 1.807) is 28.8 Å². The summed E-state index contributed by atoms with van der Waals surface area (Å²) in [5.41, 5.74) is 2.27. The van der Waals surface area contributed by atoms with Gasteiger partial charge in [-0.1, -0.05) is 48.3 Å². The van der Waals surface area contributed by atoms with Crippen molar-refractivity contribution in [2.24, 2.45) is 0 Å². The van der Waals surface area contributed by atoms with E-state index in [4.69, 9.17) is 0 Å². The van der Waals surface area contributed by atoms with Gasteiger partial charge in [0.05, 0.1) is 4.92 Å². The first-order valence-electron chi connectivity index (χ1n) is 7.92. The molecule has 7 heteroatoms. The highest BCUT2D eigenvalue weighted by atomic mass is 32.1. The summed E-state index contributed by atoms with van der Waals surface area (Å²) in [7, 11) is 0. The lowest BCUT2D eigenvalue weighted by atomic mass is 10.1. The maximum atomic E-state index is 12.8. The molecule has 0 aliphatic carbocycles. The number of non-ortho nitro benzene ring substituents is 1. The Bertz CT molecular complexity index is 1240. The van der Waals surface area contributed by atoms with Gasteiger partial charge in [-0.15, -0.1) is 0 Å². The van der Waals surface area contributed by atoms with Crippen LogP contribution in [0.2, 0.25) is 0 Å². The van der Waals surface area contributed by atoms with Crippen LogP contribution in [0.15, 0.2) is 71.4 Å². The van der Waals surface area contributed by atoms with Gasteiger partial charge in [0.1, 0.15) is 17.4 Å². The summed E-state index contributed by atoms with van der Waals surface area (Å²) in [5, 5.41) is 13.6. The van der Waals surface area contributed by atoms with E-state index in [-0.39, 0.29) is 11.2 Å². The van der Waals surface area contributed by atoms with Crippen LogP contribution >= 0.6 is 11.3 Å². The Morgan fingerprint density at radius 2 is 2.04 bits per heavy atom. The molecule has 6 nitrogen and oxygen atoms in total. The number of benzene rings is 2. The minimum atomic E-state index is -0.408. The van der Waals surface area contributed by atoms with E-state index in [2.05, 4.69) is 6.58 Å². The summed E-state index contributed by atoms with van der Waals surface area (Å²) in [6.45, 7) is 4.13. The van der Waals surface area contributed by atoms with Crippen molar-refractivity contribution in [1.82, 2.24) is 4.57 Å². The molecule has 0 atom stereocenters. The van der Waals surface area contributed by atoms with E-state index in [0.29, 0.717) is 11.9 Å². The predicted octanol–water partition coefficient (Wildman–Crippen LogP) is 3.56. The number of nitro groups is 1. The molecule has 0 spiro atoms. The Hall–Kier alpha value is -3.32. The van der Waals surface area contributed by atoms with Crippen LogP contribution in [0.4, 0.5) is 5.69 Å². The normalized spacial score (nSPS) is 11.1. The van der Waals surface area contributed by atoms with Crippen LogP contribution in [-0.2, 0) is 6.54 Å². The number of nitro benzene ring substituents is 1. The van der Waals surface area contributed by atoms with Gasteiger partial charge in [0.2, 0.25) is 0 Å². The average molecular weight is 364 g/mol. The van der Waals surface area contributed by atoms with Gasteiger partial charge >= 0.3 is 10.5 Å². The Morgan fingerprint density at radius 3 is 2.81 bits per heavy atom. The van der Waals surface area contributed by atoms with Crippen LogP contribution in [-0.4, -0.2) is 9.49 Å². The SMILES string of the molecule is C=CCn1c(=O)c2ccccc2[n+]2c(-c3cccc([N+](=O)[O-])c3)csc12. The molecule has 0 unspecified atom stereocenters. The third-order valence-electron chi connectivity index (χ3n) is 4.22. The molecule has 2 aromatic heterocycles. The van der Waals surface area contributed by atoms with E-state index in [1.807, 2.05) is 34.0 Å². The lowest BCUT2D eigenvalue weighted by molar-refractivity contribution is -0.468. The molecular formula is C19H14N3O3S+. The largest absolute Gasteiger partial charge is 0.349 e. The molecule has 4 aromatic rings. The first-order chi connectivity index (χ1) is 12.6. The predicted molar refractivity (Wildman–Crippen MR) is 102 cm³/mol. The summed E-state index contributed by atoms with van der Waals surface area (Å²) >= 11 is 1.43. The monoisotopic (exact) mass is 364 g/mol. The number of allylic oxidation sites excluding steroid dienone is 1. The topological polar surface area (TPSA) is 69.2 Å². The third kappa shape index (κ3) is 2.41. The summed E-state index contributed by atoms with van der Waals surface area (Å²) in [5.74, 6) is 0. The Kier molecular flexibility index (Phi) is 3.85. The van der Waals surface area contributed by atoms with Gasteiger partial charge in [0, 0.05) is 23.1 Å². The molecule has 0 fully saturated rings. The summed E-state index contributed by atoms with van der Waals surface area (Å²) in [6, 6.07) is 13.9. The van der Waals surface area contributed by atoms with E-state index >= 15 is 0 Å². The molecule has 2 heterocycles. The zero-order chi connectivity index (χ0) is 18.3. The van der Waals surface area contributed by atoms with Crippen LogP contribution in [0, 0.1) is 10.1 Å². The molecule has 0 aliphatic heterocycles. The number of rotatable bonds is 4. The lowest BCUT2D eigenvalue weighted by Gasteiger charge is -2.04. The molecule has 2 aromatic carbocycles. The van der Waals surface area contributed by atoms with Crippen molar-refractivity contribution in [1.29, 1.82) is 0 Å². The van der Waals surface area contributed by atoms with Crippen molar-refractivity contribution in [2.45, 2.75) is 6.54 Å². The van der Waals surface area contributed by atoms with Crippen molar-refractivity contribution in [2.75, 3.05) is 0 Å². The van der Waals surface area contributed by atoms with Crippen LogP contribution in [0.3, 0.4) is 0 Å². The van der Waals surface area contributed by atoms with E-state index in [1.165, 1.54) is 17.4 Å². The van der Waals surface area contributed by atoms with Crippen molar-refractivity contribution in [3.63, 3.8) is 0 Å². The van der Waals surface area contributed by atoms with Gasteiger partial charge in [-0.3, -0.25) is 10.1 Å². The van der Waals surface area contributed by atoms with Crippen LogP contribution < -0.4 is 9.96 Å². The van der Waals surface area contributed by atoms with Crippen LogP contribution in [0.25, 0.3) is 27.1 Å². The molecule has 0 radical (unpaired) electrons. The fraction of sp³-hybridized carbons (Fsp3) is 0.0526. The Labute approximate surface area is 152 Å². The minimum Gasteiger partial charge on any atom is -0.258 e. The number of para-hydroxylation sites is 1. The number of hydrogen-bond donors (Lipinski definition) is 0. The second-order valence-electron chi connectivity index (χ2n) is 5.77. The quantitative estimate of drug-likeness (QED) is 0.241. The Morgan fingerprint density at radius 1 is 1.23 bits per heavy atom. The first kappa shape index (κ1) is 16.2. The van der Waals surface area contributed by atoms with E-state index in [0.717, 1.165) is 21.7 Å². The number of fused-ring (bicyclic) bond motifs is 3. The van der Waals surface area contributed by atoms with Crippen LogP contribution in [0.1, 0.15) is 0 Å². The maximum Gasteiger partial charge on any atom is 0.349 e. The summed E-state index contributed by atoms with van der Waals surface area (Å²) in [6.07, 6.45) is 1.68. The number of aromatic nitrogens is 2. The van der Waals surface area contributed by atoms with Gasteiger partial charge < -0.3 is 0 Å². The summed E-state index contributed by atoms with van der Waals surface area (Å²) < 4.78 is 3.64. The average Bonchev–Trinajstić information content (AvgIpc) is 3.10. The molecule has 0 saturated heterocycles. The zero-order valence-electron chi connectivity index (χ0n) is 13.7. The molecule has 0 amide bonds. The highest BCUT2D eigenvalue weighted by Crippen LogP contribution is 2.25. The Balaban J connectivity index is 2.13. The summed E-state index contributed by atoms with van der Waals surface area (Å²) in [4.78, 5) is 24.3. The zero-order valence-corrected chi connectivity index (χ0v) is 14.5. The molecule has 128 valence electrons. The standard InChI is InChI=1S/C19H14N3O3S/c1-2-10-20-18(23)15-8-3-4-9-16(15)21-17(12-26-19(20)21)13-6-5-7-14(11-13)22(24)25/h2-9,11-12H,1,10H2/q+1. The van der Waals surface area contributed by atoms with E-state index < -0.39 is 4.92 Å². The van der Waals surface area contributed by atoms with Crippen molar-refractivity contribution < 1.29 is 9.32 Å².